The van der Waals surface area contributed by atoms with Crippen molar-refractivity contribution in [1.29, 1.82) is 0 Å². The maximum absolute atomic E-state index is 13.0. The molecular weight excluding hydrogens is 364 g/mol. The third-order valence-corrected chi connectivity index (χ3v) is 2.98. The van der Waals surface area contributed by atoms with E-state index in [9.17, 15) is 4.39 Å². The lowest BCUT2D eigenvalue weighted by Gasteiger charge is -2.08. The third-order valence-electron chi connectivity index (χ3n) is 2.08. The van der Waals surface area contributed by atoms with Crippen LogP contribution in [0.2, 0.25) is 0 Å². The van der Waals surface area contributed by atoms with Crippen LogP contribution in [0.4, 0.5) is 22.0 Å². The number of ether oxygens (including phenoxy) is 1. The van der Waals surface area contributed by atoms with Crippen LogP contribution in [0.25, 0.3) is 0 Å². The Kier molecular flexibility index (Phi) is 4.30. The van der Waals surface area contributed by atoms with Gasteiger partial charge in [-0.2, -0.15) is 15.0 Å². The molecule has 0 amide bonds. The second-order valence-electron chi connectivity index (χ2n) is 3.48. The smallest absolute Gasteiger partial charge is 0.323 e. The number of nitrogens with two attached hydrogens (primary N) is 1. The zero-order valence-electron chi connectivity index (χ0n) is 10.0. The number of hydrogen-bond acceptors (Lipinski definition) is 6. The fourth-order valence-electron chi connectivity index (χ4n) is 1.33. The molecule has 19 heavy (non-hydrogen) atoms. The normalized spacial score (nSPS) is 10.3. The van der Waals surface area contributed by atoms with Gasteiger partial charge in [-0.25, -0.2) is 4.39 Å². The van der Waals surface area contributed by atoms with Crippen LogP contribution in [0, 0.1) is 9.39 Å². The average molecular weight is 375 g/mol. The van der Waals surface area contributed by atoms with Gasteiger partial charge in [0.05, 0.1) is 12.3 Å². The van der Waals surface area contributed by atoms with Crippen molar-refractivity contribution in [3.8, 4) is 6.01 Å². The zero-order chi connectivity index (χ0) is 13.8. The molecule has 0 unspecified atom stereocenters. The standard InChI is InChI=1S/C11H11FIN5O/c1-2-19-11-17-9(14)16-10(18-11)15-8-4-3-6(12)5-7(8)13/h3-5H,2H2,1H3,(H3,14,15,16,17,18). The van der Waals surface area contributed by atoms with Crippen LogP contribution in [-0.2, 0) is 0 Å². The van der Waals surface area contributed by atoms with E-state index >= 15 is 0 Å². The molecule has 0 fully saturated rings. The Morgan fingerprint density at radius 1 is 1.37 bits per heavy atom. The molecule has 2 rings (SSSR count). The van der Waals surface area contributed by atoms with E-state index in [-0.39, 0.29) is 23.7 Å². The van der Waals surface area contributed by atoms with Crippen molar-refractivity contribution < 1.29 is 9.13 Å². The molecule has 1 heterocycles. The summed E-state index contributed by atoms with van der Waals surface area (Å²) in [5.74, 6) is -0.00124. The molecule has 100 valence electrons. The molecule has 8 heteroatoms. The van der Waals surface area contributed by atoms with Crippen molar-refractivity contribution in [2.24, 2.45) is 0 Å². The summed E-state index contributed by atoms with van der Waals surface area (Å²) in [5.41, 5.74) is 6.24. The quantitative estimate of drug-likeness (QED) is 0.798. The predicted molar refractivity (Wildman–Crippen MR) is 77.8 cm³/mol. The van der Waals surface area contributed by atoms with Gasteiger partial charge in [0.1, 0.15) is 5.82 Å². The van der Waals surface area contributed by atoms with Crippen LogP contribution in [-0.4, -0.2) is 21.6 Å². The summed E-state index contributed by atoms with van der Waals surface area (Å²) in [7, 11) is 0. The molecule has 0 radical (unpaired) electrons. The first-order chi connectivity index (χ1) is 9.08. The van der Waals surface area contributed by atoms with Crippen LogP contribution in [0.1, 0.15) is 6.92 Å². The van der Waals surface area contributed by atoms with Crippen molar-refractivity contribution in [2.45, 2.75) is 6.92 Å². The van der Waals surface area contributed by atoms with Gasteiger partial charge in [-0.15, -0.1) is 0 Å². The van der Waals surface area contributed by atoms with Gasteiger partial charge in [-0.05, 0) is 47.7 Å². The van der Waals surface area contributed by atoms with Crippen molar-refractivity contribution in [2.75, 3.05) is 17.7 Å². The summed E-state index contributed by atoms with van der Waals surface area (Å²) in [6.07, 6.45) is 0. The van der Waals surface area contributed by atoms with E-state index in [1.807, 2.05) is 29.5 Å². The largest absolute Gasteiger partial charge is 0.464 e. The van der Waals surface area contributed by atoms with E-state index < -0.39 is 0 Å². The van der Waals surface area contributed by atoms with Crippen LogP contribution < -0.4 is 15.8 Å². The van der Waals surface area contributed by atoms with E-state index in [2.05, 4.69) is 20.3 Å². The first-order valence-corrected chi connectivity index (χ1v) is 6.52. The number of hydrogen-bond donors (Lipinski definition) is 2. The highest BCUT2D eigenvalue weighted by Gasteiger charge is 2.07. The highest BCUT2D eigenvalue weighted by molar-refractivity contribution is 14.1. The second-order valence-corrected chi connectivity index (χ2v) is 4.64. The molecule has 0 aliphatic heterocycles. The number of benzene rings is 1. The summed E-state index contributed by atoms with van der Waals surface area (Å²) in [6, 6.07) is 4.49. The third kappa shape index (κ3) is 3.63. The van der Waals surface area contributed by atoms with Crippen molar-refractivity contribution in [3.63, 3.8) is 0 Å². The van der Waals surface area contributed by atoms with Crippen molar-refractivity contribution in [1.82, 2.24) is 15.0 Å². The second kappa shape index (κ2) is 5.95. The van der Waals surface area contributed by atoms with E-state index in [1.165, 1.54) is 12.1 Å². The minimum atomic E-state index is -0.305. The lowest BCUT2D eigenvalue weighted by molar-refractivity contribution is 0.312. The number of nitrogen functional groups attached to an aromatic ring is 1. The van der Waals surface area contributed by atoms with E-state index in [0.717, 1.165) is 0 Å². The minimum Gasteiger partial charge on any atom is -0.464 e. The number of aromatic nitrogens is 3. The highest BCUT2D eigenvalue weighted by atomic mass is 127. The Morgan fingerprint density at radius 2 is 2.16 bits per heavy atom. The first kappa shape index (κ1) is 13.7. The van der Waals surface area contributed by atoms with Gasteiger partial charge in [0.15, 0.2) is 0 Å². The maximum atomic E-state index is 13.0. The highest BCUT2D eigenvalue weighted by Crippen LogP contribution is 2.22. The van der Waals surface area contributed by atoms with Crippen molar-refractivity contribution in [3.05, 3.63) is 27.6 Å². The Balaban J connectivity index is 2.27. The lowest BCUT2D eigenvalue weighted by atomic mass is 10.3. The Labute approximate surface area is 122 Å². The fourth-order valence-corrected chi connectivity index (χ4v) is 1.95. The number of nitrogens with one attached hydrogen (secondary N) is 1. The molecule has 0 atom stereocenters. The molecule has 0 spiro atoms. The molecule has 6 nitrogen and oxygen atoms in total. The van der Waals surface area contributed by atoms with Crippen LogP contribution >= 0.6 is 22.6 Å². The molecule has 0 saturated carbocycles. The van der Waals surface area contributed by atoms with Crippen molar-refractivity contribution >= 4 is 40.2 Å². The number of nitrogens with zero attached hydrogens (tertiary/aromatic N) is 3. The molecule has 2 aromatic rings. The maximum Gasteiger partial charge on any atom is 0.323 e. The van der Waals surface area contributed by atoms with Gasteiger partial charge in [-0.1, -0.05) is 0 Å². The lowest BCUT2D eigenvalue weighted by Crippen LogP contribution is -2.07. The molecule has 0 aliphatic rings. The molecule has 0 bridgehead atoms. The summed E-state index contributed by atoms with van der Waals surface area (Å²) >= 11 is 2.01. The fraction of sp³-hybridized carbons (Fsp3) is 0.182. The summed E-state index contributed by atoms with van der Waals surface area (Å²) in [5, 5.41) is 2.94. The SMILES string of the molecule is CCOc1nc(N)nc(Nc2ccc(F)cc2I)n1. The summed E-state index contributed by atoms with van der Waals surface area (Å²) in [4.78, 5) is 11.8. The zero-order valence-corrected chi connectivity index (χ0v) is 12.2. The Bertz CT molecular complexity index is 595. The molecular formula is C11H11FIN5O. The number of anilines is 3. The molecule has 0 aliphatic carbocycles. The van der Waals surface area contributed by atoms with Crippen LogP contribution in [0.15, 0.2) is 18.2 Å². The monoisotopic (exact) mass is 375 g/mol. The van der Waals surface area contributed by atoms with E-state index in [1.54, 1.807) is 6.07 Å². The topological polar surface area (TPSA) is 86.0 Å². The molecule has 3 N–H and O–H groups in total. The van der Waals surface area contributed by atoms with Gasteiger partial charge in [-0.3, -0.25) is 0 Å². The van der Waals surface area contributed by atoms with Gasteiger partial charge in [0.2, 0.25) is 11.9 Å². The summed E-state index contributed by atoms with van der Waals surface area (Å²) in [6.45, 7) is 2.24. The Hall–Kier alpha value is -1.71. The van der Waals surface area contributed by atoms with E-state index in [0.29, 0.717) is 15.9 Å². The molecule has 0 saturated heterocycles. The summed E-state index contributed by atoms with van der Waals surface area (Å²) < 4.78 is 18.9. The van der Waals surface area contributed by atoms with Gasteiger partial charge >= 0.3 is 6.01 Å². The van der Waals surface area contributed by atoms with Gasteiger partial charge in [0.25, 0.3) is 0 Å². The van der Waals surface area contributed by atoms with E-state index in [4.69, 9.17) is 10.5 Å². The number of halogens is 2. The predicted octanol–water partition coefficient (Wildman–Crippen LogP) is 2.34. The van der Waals surface area contributed by atoms with Crippen LogP contribution in [0.5, 0.6) is 6.01 Å². The average Bonchev–Trinajstić information content (AvgIpc) is 2.32. The molecule has 1 aromatic carbocycles. The van der Waals surface area contributed by atoms with Gasteiger partial charge in [0, 0.05) is 3.57 Å². The van der Waals surface area contributed by atoms with Crippen LogP contribution in [0.3, 0.4) is 0 Å². The molecule has 1 aromatic heterocycles. The Morgan fingerprint density at radius 3 is 2.84 bits per heavy atom. The first-order valence-electron chi connectivity index (χ1n) is 5.45. The number of rotatable bonds is 4. The minimum absolute atomic E-state index is 0.0538. The van der Waals surface area contributed by atoms with Gasteiger partial charge < -0.3 is 15.8 Å².